The number of piperidine rings is 1. The molecule has 1 aliphatic rings. The number of carbonyl (C=O) groups is 1. The Labute approximate surface area is 142 Å². The number of benzene rings is 1. The zero-order valence-electron chi connectivity index (χ0n) is 13.6. The minimum Gasteiger partial charge on any atom is -0.306 e. The van der Waals surface area contributed by atoms with Gasteiger partial charge >= 0.3 is 6.09 Å². The molecule has 124 valence electrons. The third-order valence-corrected chi connectivity index (χ3v) is 4.11. The highest BCUT2D eigenvalue weighted by atomic mass is 16.7. The van der Waals surface area contributed by atoms with Crippen molar-refractivity contribution in [1.29, 1.82) is 0 Å². The molecule has 1 saturated heterocycles. The first-order chi connectivity index (χ1) is 11.8. The van der Waals surface area contributed by atoms with E-state index in [0.29, 0.717) is 6.42 Å². The van der Waals surface area contributed by atoms with Crippen molar-refractivity contribution in [3.05, 3.63) is 54.4 Å². The van der Waals surface area contributed by atoms with E-state index in [1.54, 1.807) is 23.5 Å². The molecular formula is C19H21N3O2. The summed E-state index contributed by atoms with van der Waals surface area (Å²) >= 11 is 0. The largest absolute Gasteiger partial charge is 0.435 e. The Morgan fingerprint density at radius 3 is 2.42 bits per heavy atom. The van der Waals surface area contributed by atoms with Gasteiger partial charge in [-0.2, -0.15) is 0 Å². The van der Waals surface area contributed by atoms with Gasteiger partial charge in [0.15, 0.2) is 0 Å². The molecule has 5 heteroatoms. The van der Waals surface area contributed by atoms with Gasteiger partial charge in [-0.05, 0) is 48.1 Å². The predicted octanol–water partition coefficient (Wildman–Crippen LogP) is 3.90. The summed E-state index contributed by atoms with van der Waals surface area (Å²) in [5.41, 5.74) is 3.40. The SMILES string of the molecule is O=C(ON=CCc1ccc(-c2ccncc2)cc1)N1CCCCC1. The molecule has 0 aliphatic carbocycles. The fraction of sp³-hybridized carbons (Fsp3) is 0.316. The van der Waals surface area contributed by atoms with Crippen LogP contribution in [0.3, 0.4) is 0 Å². The summed E-state index contributed by atoms with van der Waals surface area (Å²) < 4.78 is 0. The molecule has 1 aliphatic heterocycles. The standard InChI is InChI=1S/C19H21N3O2/c23-19(22-14-2-1-3-15-22)24-21-13-8-16-4-6-17(7-5-16)18-9-11-20-12-10-18/h4-7,9-13H,1-3,8,14-15H2. The first-order valence-corrected chi connectivity index (χ1v) is 8.30. The molecule has 0 unspecified atom stereocenters. The predicted molar refractivity (Wildman–Crippen MR) is 93.8 cm³/mol. The first-order valence-electron chi connectivity index (χ1n) is 8.30. The van der Waals surface area contributed by atoms with Crippen molar-refractivity contribution in [3.63, 3.8) is 0 Å². The summed E-state index contributed by atoms with van der Waals surface area (Å²) in [5.74, 6) is 0. The number of rotatable bonds is 4. The summed E-state index contributed by atoms with van der Waals surface area (Å²) in [6.07, 6.45) is 8.75. The molecule has 24 heavy (non-hydrogen) atoms. The minimum absolute atomic E-state index is 0.348. The van der Waals surface area contributed by atoms with Crippen molar-refractivity contribution in [1.82, 2.24) is 9.88 Å². The summed E-state index contributed by atoms with van der Waals surface area (Å²) in [7, 11) is 0. The van der Waals surface area contributed by atoms with Crippen LogP contribution in [0.25, 0.3) is 11.1 Å². The van der Waals surface area contributed by atoms with Crippen LogP contribution >= 0.6 is 0 Å². The maximum absolute atomic E-state index is 11.8. The number of likely N-dealkylation sites (tertiary alicyclic amines) is 1. The van der Waals surface area contributed by atoms with Crippen LogP contribution < -0.4 is 0 Å². The van der Waals surface area contributed by atoms with Crippen LogP contribution in [0, 0.1) is 0 Å². The summed E-state index contributed by atoms with van der Waals surface area (Å²) in [6, 6.07) is 12.2. The molecule has 2 aromatic rings. The quantitative estimate of drug-likeness (QED) is 0.487. The zero-order chi connectivity index (χ0) is 16.6. The Morgan fingerprint density at radius 1 is 1.04 bits per heavy atom. The van der Waals surface area contributed by atoms with Crippen LogP contribution in [0.2, 0.25) is 0 Å². The third kappa shape index (κ3) is 4.41. The van der Waals surface area contributed by atoms with Crippen molar-refractivity contribution in [2.45, 2.75) is 25.7 Å². The maximum atomic E-state index is 11.8. The molecule has 2 heterocycles. The van der Waals surface area contributed by atoms with Gasteiger partial charge < -0.3 is 4.90 Å². The summed E-state index contributed by atoms with van der Waals surface area (Å²) in [5, 5.41) is 3.80. The molecule has 1 amide bonds. The van der Waals surface area contributed by atoms with Crippen LogP contribution in [-0.4, -0.2) is 35.3 Å². The van der Waals surface area contributed by atoms with E-state index in [9.17, 15) is 4.79 Å². The molecule has 0 radical (unpaired) electrons. The number of pyridine rings is 1. The van der Waals surface area contributed by atoms with Gasteiger partial charge in [0.2, 0.25) is 0 Å². The fourth-order valence-corrected chi connectivity index (χ4v) is 2.74. The van der Waals surface area contributed by atoms with Gasteiger partial charge in [-0.1, -0.05) is 29.4 Å². The lowest BCUT2D eigenvalue weighted by molar-refractivity contribution is 0.0985. The highest BCUT2D eigenvalue weighted by molar-refractivity contribution is 5.69. The Balaban J connectivity index is 1.48. The van der Waals surface area contributed by atoms with Crippen molar-refractivity contribution < 1.29 is 9.63 Å². The van der Waals surface area contributed by atoms with Crippen molar-refractivity contribution >= 4 is 12.3 Å². The number of aromatic nitrogens is 1. The Kier molecular flexibility index (Phi) is 5.56. The first kappa shape index (κ1) is 16.2. The lowest BCUT2D eigenvalue weighted by Gasteiger charge is -2.24. The monoisotopic (exact) mass is 323 g/mol. The van der Waals surface area contributed by atoms with Crippen molar-refractivity contribution in [2.24, 2.45) is 5.16 Å². The second-order valence-electron chi connectivity index (χ2n) is 5.83. The van der Waals surface area contributed by atoms with Crippen molar-refractivity contribution in [2.75, 3.05) is 13.1 Å². The van der Waals surface area contributed by atoms with E-state index in [2.05, 4.69) is 22.3 Å². The molecule has 5 nitrogen and oxygen atoms in total. The van der Waals surface area contributed by atoms with Crippen LogP contribution in [-0.2, 0) is 11.3 Å². The van der Waals surface area contributed by atoms with Gasteiger partial charge in [-0.15, -0.1) is 0 Å². The van der Waals surface area contributed by atoms with E-state index in [1.165, 1.54) is 6.42 Å². The topological polar surface area (TPSA) is 54.8 Å². The number of hydrogen-bond acceptors (Lipinski definition) is 4. The minimum atomic E-state index is -0.348. The van der Waals surface area contributed by atoms with E-state index in [0.717, 1.165) is 42.6 Å². The molecule has 0 N–H and O–H groups in total. The second kappa shape index (κ2) is 8.24. The molecule has 0 atom stereocenters. The lowest BCUT2D eigenvalue weighted by atomic mass is 10.0. The summed E-state index contributed by atoms with van der Waals surface area (Å²) in [6.45, 7) is 1.54. The molecule has 3 rings (SSSR count). The highest BCUT2D eigenvalue weighted by Crippen LogP contribution is 2.18. The highest BCUT2D eigenvalue weighted by Gasteiger charge is 2.17. The number of oxime groups is 1. The molecule has 0 saturated carbocycles. The number of nitrogens with zero attached hydrogens (tertiary/aromatic N) is 3. The van der Waals surface area contributed by atoms with E-state index in [-0.39, 0.29) is 6.09 Å². The second-order valence-corrected chi connectivity index (χ2v) is 5.83. The van der Waals surface area contributed by atoms with E-state index in [4.69, 9.17) is 4.84 Å². The van der Waals surface area contributed by atoms with Gasteiger partial charge in [-0.3, -0.25) is 9.82 Å². The van der Waals surface area contributed by atoms with Crippen LogP contribution in [0.4, 0.5) is 4.79 Å². The van der Waals surface area contributed by atoms with Crippen LogP contribution in [0.15, 0.2) is 53.9 Å². The lowest BCUT2D eigenvalue weighted by Crippen LogP contribution is -2.35. The van der Waals surface area contributed by atoms with Gasteiger partial charge in [0.05, 0.1) is 0 Å². The Hall–Kier alpha value is -2.69. The molecule has 1 aromatic carbocycles. The molecule has 1 aromatic heterocycles. The number of amides is 1. The fourth-order valence-electron chi connectivity index (χ4n) is 2.74. The Bertz CT molecular complexity index is 678. The zero-order valence-corrected chi connectivity index (χ0v) is 13.6. The summed E-state index contributed by atoms with van der Waals surface area (Å²) in [4.78, 5) is 22.5. The van der Waals surface area contributed by atoms with Gasteiger partial charge in [0.1, 0.15) is 0 Å². The molecule has 0 spiro atoms. The molecular weight excluding hydrogens is 302 g/mol. The maximum Gasteiger partial charge on any atom is 0.435 e. The van der Waals surface area contributed by atoms with E-state index < -0.39 is 0 Å². The Morgan fingerprint density at radius 2 is 1.71 bits per heavy atom. The van der Waals surface area contributed by atoms with Crippen LogP contribution in [0.1, 0.15) is 24.8 Å². The molecule has 0 bridgehead atoms. The number of carbonyl (C=O) groups excluding carboxylic acids is 1. The smallest absolute Gasteiger partial charge is 0.306 e. The van der Waals surface area contributed by atoms with Gasteiger partial charge in [0, 0.05) is 38.1 Å². The van der Waals surface area contributed by atoms with Gasteiger partial charge in [0.25, 0.3) is 0 Å². The van der Waals surface area contributed by atoms with Crippen molar-refractivity contribution in [3.8, 4) is 11.1 Å². The van der Waals surface area contributed by atoms with E-state index >= 15 is 0 Å². The number of hydrogen-bond donors (Lipinski definition) is 0. The van der Waals surface area contributed by atoms with E-state index in [1.807, 2.05) is 24.3 Å². The van der Waals surface area contributed by atoms with Crippen LogP contribution in [0.5, 0.6) is 0 Å². The normalized spacial score (nSPS) is 14.8. The average molecular weight is 323 g/mol. The third-order valence-electron chi connectivity index (χ3n) is 4.11. The average Bonchev–Trinajstić information content (AvgIpc) is 2.67. The molecule has 1 fully saturated rings. The van der Waals surface area contributed by atoms with Gasteiger partial charge in [-0.25, -0.2) is 4.79 Å².